The molecule has 0 aliphatic carbocycles. The minimum absolute atomic E-state index is 0.203. The minimum atomic E-state index is -3.39. The summed E-state index contributed by atoms with van der Waals surface area (Å²) in [7, 11) is -1.87. The highest BCUT2D eigenvalue weighted by Crippen LogP contribution is 2.16. The molecule has 0 fully saturated rings. The van der Waals surface area contributed by atoms with Crippen molar-refractivity contribution in [1.29, 1.82) is 0 Å². The highest BCUT2D eigenvalue weighted by Gasteiger charge is 2.09. The van der Waals surface area contributed by atoms with Gasteiger partial charge in [-0.05, 0) is 24.3 Å². The summed E-state index contributed by atoms with van der Waals surface area (Å²) in [5, 5.41) is 0.939. The van der Waals surface area contributed by atoms with Crippen LogP contribution in [0.3, 0.4) is 0 Å². The van der Waals surface area contributed by atoms with Gasteiger partial charge in [0.1, 0.15) is 5.75 Å². The molecule has 0 saturated heterocycles. The van der Waals surface area contributed by atoms with Crippen molar-refractivity contribution < 1.29 is 13.2 Å². The van der Waals surface area contributed by atoms with Crippen LogP contribution in [-0.4, -0.2) is 15.5 Å². The zero-order valence-electron chi connectivity index (χ0n) is 7.73. The molecule has 0 N–H and O–H groups in total. The van der Waals surface area contributed by atoms with Crippen LogP contribution in [0, 0.1) is 0 Å². The summed E-state index contributed by atoms with van der Waals surface area (Å²) in [5.74, 6) is 0.617. The Morgan fingerprint density at radius 3 is 2.36 bits per heavy atom. The van der Waals surface area contributed by atoms with Crippen molar-refractivity contribution in [2.75, 3.05) is 7.11 Å². The van der Waals surface area contributed by atoms with Crippen LogP contribution < -0.4 is 4.74 Å². The summed E-state index contributed by atoms with van der Waals surface area (Å²) < 4.78 is 27.8. The van der Waals surface area contributed by atoms with E-state index in [4.69, 9.17) is 4.74 Å². The maximum atomic E-state index is 11.4. The van der Waals surface area contributed by atoms with Crippen LogP contribution >= 0.6 is 0 Å². The minimum Gasteiger partial charge on any atom is -0.497 e. The Bertz CT molecular complexity index is 451. The first-order valence-electron chi connectivity index (χ1n) is 3.85. The molecule has 0 unspecified atom stereocenters. The molecule has 1 aromatic rings. The lowest BCUT2D eigenvalue weighted by molar-refractivity contribution is 0.414. The Hall–Kier alpha value is -1.51. The summed E-state index contributed by atoms with van der Waals surface area (Å²) >= 11 is 0. The van der Waals surface area contributed by atoms with Crippen LogP contribution in [0.25, 0.3) is 0 Å². The second-order valence-corrected chi connectivity index (χ2v) is 4.34. The fourth-order valence-electron chi connectivity index (χ4n) is 0.943. The molecule has 4 heteroatoms. The Labute approximate surface area is 83.3 Å². The molecule has 74 valence electrons. The van der Waals surface area contributed by atoms with Gasteiger partial charge in [0.15, 0.2) is 0 Å². The first-order valence-corrected chi connectivity index (χ1v) is 5.40. The Morgan fingerprint density at radius 2 is 1.93 bits per heavy atom. The molecule has 0 aliphatic heterocycles. The maximum absolute atomic E-state index is 11.4. The molecule has 1 aromatic carbocycles. The van der Waals surface area contributed by atoms with Crippen LogP contribution in [0.4, 0.5) is 0 Å². The highest BCUT2D eigenvalue weighted by atomic mass is 32.2. The van der Waals surface area contributed by atoms with Gasteiger partial charge >= 0.3 is 0 Å². The molecule has 0 atom stereocenters. The van der Waals surface area contributed by atoms with Gasteiger partial charge in [0.2, 0.25) is 9.84 Å². The Kier molecular flexibility index (Phi) is 3.12. The molecule has 0 heterocycles. The average Bonchev–Trinajstić information content (AvgIpc) is 2.18. The number of ether oxygens (including phenoxy) is 1. The summed E-state index contributed by atoms with van der Waals surface area (Å²) in [5.41, 5.74) is 2.24. The third kappa shape index (κ3) is 2.25. The fourth-order valence-corrected chi connectivity index (χ4v) is 1.81. The van der Waals surface area contributed by atoms with E-state index in [1.54, 1.807) is 12.1 Å². The van der Waals surface area contributed by atoms with Crippen LogP contribution in [-0.2, 0) is 9.84 Å². The van der Waals surface area contributed by atoms with Crippen molar-refractivity contribution in [2.45, 2.75) is 4.90 Å². The molecule has 0 bridgehead atoms. The average molecular weight is 210 g/mol. The number of hydrogen-bond donors (Lipinski definition) is 0. The van der Waals surface area contributed by atoms with Crippen LogP contribution in [0.15, 0.2) is 46.9 Å². The molecule has 0 amide bonds. The molecule has 0 spiro atoms. The van der Waals surface area contributed by atoms with Crippen molar-refractivity contribution >= 4 is 9.84 Å². The molecule has 14 heavy (non-hydrogen) atoms. The van der Waals surface area contributed by atoms with Gasteiger partial charge in [-0.1, -0.05) is 6.58 Å². The number of hydrogen-bond acceptors (Lipinski definition) is 3. The van der Waals surface area contributed by atoms with Crippen molar-refractivity contribution in [3.63, 3.8) is 0 Å². The topological polar surface area (TPSA) is 43.4 Å². The van der Waals surface area contributed by atoms with Crippen molar-refractivity contribution in [3.05, 3.63) is 42.0 Å². The Balaban J connectivity index is 3.16. The fraction of sp³-hybridized carbons (Fsp3) is 0.100. The molecular weight excluding hydrogens is 200 g/mol. The first-order chi connectivity index (χ1) is 6.60. The van der Waals surface area contributed by atoms with E-state index in [1.807, 2.05) is 0 Å². The highest BCUT2D eigenvalue weighted by molar-refractivity contribution is 7.94. The van der Waals surface area contributed by atoms with Crippen LogP contribution in [0.2, 0.25) is 0 Å². The standard InChI is InChI=1S/C10H10O3S/c1-3-8-14(11,12)10-6-4-9(13-2)5-7-10/h4-8H,1H2,2H3. The van der Waals surface area contributed by atoms with E-state index >= 15 is 0 Å². The third-order valence-electron chi connectivity index (χ3n) is 1.63. The van der Waals surface area contributed by atoms with E-state index < -0.39 is 9.84 Å². The normalized spacial score (nSPS) is 10.4. The van der Waals surface area contributed by atoms with E-state index in [2.05, 4.69) is 12.3 Å². The van der Waals surface area contributed by atoms with Gasteiger partial charge in [0.25, 0.3) is 0 Å². The predicted octanol–water partition coefficient (Wildman–Crippen LogP) is 1.77. The molecular formula is C10H10O3S. The molecule has 0 aromatic heterocycles. The van der Waals surface area contributed by atoms with Crippen LogP contribution in [0.5, 0.6) is 5.75 Å². The van der Waals surface area contributed by atoms with Gasteiger partial charge < -0.3 is 4.74 Å². The zero-order valence-corrected chi connectivity index (χ0v) is 8.54. The van der Waals surface area contributed by atoms with E-state index in [0.717, 1.165) is 5.41 Å². The molecule has 3 nitrogen and oxygen atoms in total. The largest absolute Gasteiger partial charge is 0.497 e. The van der Waals surface area contributed by atoms with Gasteiger partial charge in [-0.25, -0.2) is 8.42 Å². The SMILES string of the molecule is C=C=CS(=O)(=O)c1ccc(OC)cc1. The summed E-state index contributed by atoms with van der Waals surface area (Å²) in [6.45, 7) is 3.22. The maximum Gasteiger partial charge on any atom is 0.207 e. The third-order valence-corrected chi connectivity index (χ3v) is 3.03. The number of benzene rings is 1. The number of rotatable bonds is 3. The quantitative estimate of drug-likeness (QED) is 0.714. The summed E-state index contributed by atoms with van der Waals surface area (Å²) in [6.07, 6.45) is 0. The van der Waals surface area contributed by atoms with Gasteiger partial charge in [-0.15, -0.1) is 5.73 Å². The number of methoxy groups -OCH3 is 1. The summed E-state index contributed by atoms with van der Waals surface area (Å²) in [6, 6.07) is 6.12. The molecule has 0 aliphatic rings. The lowest BCUT2D eigenvalue weighted by Crippen LogP contribution is -1.95. The van der Waals surface area contributed by atoms with Crippen molar-refractivity contribution in [3.8, 4) is 5.75 Å². The second-order valence-electron chi connectivity index (χ2n) is 2.54. The number of sulfone groups is 1. The Morgan fingerprint density at radius 1 is 1.36 bits per heavy atom. The van der Waals surface area contributed by atoms with Crippen LogP contribution in [0.1, 0.15) is 0 Å². The zero-order chi connectivity index (χ0) is 10.6. The monoisotopic (exact) mass is 210 g/mol. The molecule has 1 rings (SSSR count). The first kappa shape index (κ1) is 10.6. The summed E-state index contributed by atoms with van der Waals surface area (Å²) in [4.78, 5) is 0.203. The van der Waals surface area contributed by atoms with Crippen molar-refractivity contribution in [2.24, 2.45) is 0 Å². The smallest absolute Gasteiger partial charge is 0.207 e. The van der Waals surface area contributed by atoms with E-state index in [9.17, 15) is 8.42 Å². The lowest BCUT2D eigenvalue weighted by atomic mass is 10.3. The second kappa shape index (κ2) is 4.13. The van der Waals surface area contributed by atoms with E-state index in [-0.39, 0.29) is 4.90 Å². The van der Waals surface area contributed by atoms with Gasteiger partial charge in [0.05, 0.1) is 17.4 Å². The van der Waals surface area contributed by atoms with Gasteiger partial charge in [0, 0.05) is 0 Å². The van der Waals surface area contributed by atoms with Crippen molar-refractivity contribution in [1.82, 2.24) is 0 Å². The predicted molar refractivity (Wildman–Crippen MR) is 53.9 cm³/mol. The van der Waals surface area contributed by atoms with Gasteiger partial charge in [-0.3, -0.25) is 0 Å². The molecule has 0 radical (unpaired) electrons. The van der Waals surface area contributed by atoms with Gasteiger partial charge in [-0.2, -0.15) is 0 Å². The van der Waals surface area contributed by atoms with E-state index in [0.29, 0.717) is 5.75 Å². The van der Waals surface area contributed by atoms with E-state index in [1.165, 1.54) is 19.2 Å². The lowest BCUT2D eigenvalue weighted by Gasteiger charge is -2.00. The molecule has 0 saturated carbocycles.